The topological polar surface area (TPSA) is 72.5 Å². The Morgan fingerprint density at radius 2 is 1.79 bits per heavy atom. The van der Waals surface area contributed by atoms with E-state index >= 15 is 0 Å². The van der Waals surface area contributed by atoms with Gasteiger partial charge in [-0.15, -0.1) is 0 Å². The number of ether oxygens (including phenoxy) is 1. The number of hydrogen-bond donors (Lipinski definition) is 1. The molecule has 0 spiro atoms. The van der Waals surface area contributed by atoms with E-state index in [0.717, 1.165) is 0 Å². The van der Waals surface area contributed by atoms with Gasteiger partial charge in [0.1, 0.15) is 12.6 Å². The highest BCUT2D eigenvalue weighted by molar-refractivity contribution is 5.86. The molecule has 0 bridgehead atoms. The second-order valence-corrected chi connectivity index (χ2v) is 3.08. The van der Waals surface area contributed by atoms with Crippen LogP contribution in [0.5, 0.6) is 0 Å². The molecule has 0 saturated heterocycles. The highest BCUT2D eigenvalue weighted by Gasteiger charge is 2.15. The summed E-state index contributed by atoms with van der Waals surface area (Å²) in [5.74, 6) is -0.601. The monoisotopic (exact) mass is 201 g/mol. The van der Waals surface area contributed by atoms with Crippen molar-refractivity contribution in [1.29, 1.82) is 0 Å². The minimum absolute atomic E-state index is 0.0362. The minimum atomic E-state index is -0.660. The lowest BCUT2D eigenvalue weighted by molar-refractivity contribution is -0.128. The van der Waals surface area contributed by atoms with Gasteiger partial charge < -0.3 is 10.1 Å². The first-order valence-electron chi connectivity index (χ1n) is 4.28. The van der Waals surface area contributed by atoms with Gasteiger partial charge in [0.15, 0.2) is 11.6 Å². The number of carbonyl (C=O) groups is 3. The molecule has 5 nitrogen and oxygen atoms in total. The molecule has 0 aromatic heterocycles. The molecular weight excluding hydrogens is 186 g/mol. The summed E-state index contributed by atoms with van der Waals surface area (Å²) in [6.07, 6.45) is 0. The first kappa shape index (κ1) is 12.8. The number of ketones is 2. The lowest BCUT2D eigenvalue weighted by Crippen LogP contribution is -2.42. The first-order valence-corrected chi connectivity index (χ1v) is 4.28. The van der Waals surface area contributed by atoms with Crippen LogP contribution in [0.4, 0.5) is 0 Å². The molecule has 1 amide bonds. The predicted octanol–water partition coefficient (Wildman–Crippen LogP) is -0.314. The van der Waals surface area contributed by atoms with Crippen molar-refractivity contribution < 1.29 is 19.1 Å². The van der Waals surface area contributed by atoms with E-state index in [-0.39, 0.29) is 30.7 Å². The van der Waals surface area contributed by atoms with Crippen molar-refractivity contribution in [2.24, 2.45) is 0 Å². The van der Waals surface area contributed by atoms with Gasteiger partial charge in [0, 0.05) is 6.92 Å². The van der Waals surface area contributed by atoms with Gasteiger partial charge in [0.05, 0.1) is 6.61 Å². The Kier molecular flexibility index (Phi) is 5.71. The lowest BCUT2D eigenvalue weighted by atomic mass is 10.2. The van der Waals surface area contributed by atoms with Crippen molar-refractivity contribution in [3.05, 3.63) is 0 Å². The van der Waals surface area contributed by atoms with E-state index in [4.69, 9.17) is 4.74 Å². The van der Waals surface area contributed by atoms with Crippen LogP contribution in [0.15, 0.2) is 0 Å². The van der Waals surface area contributed by atoms with E-state index in [0.29, 0.717) is 0 Å². The number of rotatable bonds is 6. The van der Waals surface area contributed by atoms with Crippen LogP contribution < -0.4 is 5.32 Å². The van der Waals surface area contributed by atoms with Crippen LogP contribution in [0.3, 0.4) is 0 Å². The van der Waals surface area contributed by atoms with Crippen molar-refractivity contribution in [3.8, 4) is 0 Å². The normalized spacial score (nSPS) is 11.9. The Hall–Kier alpha value is -1.23. The van der Waals surface area contributed by atoms with Gasteiger partial charge in [-0.05, 0) is 13.8 Å². The van der Waals surface area contributed by atoms with Gasteiger partial charge >= 0.3 is 0 Å². The average Bonchev–Trinajstić information content (AvgIpc) is 2.00. The molecule has 0 heterocycles. The summed E-state index contributed by atoms with van der Waals surface area (Å²) < 4.78 is 4.93. The Morgan fingerprint density at radius 3 is 2.14 bits per heavy atom. The molecule has 0 aromatic carbocycles. The van der Waals surface area contributed by atoms with Gasteiger partial charge in [-0.1, -0.05) is 0 Å². The van der Waals surface area contributed by atoms with Crippen molar-refractivity contribution in [1.82, 2.24) is 5.32 Å². The van der Waals surface area contributed by atoms with Crippen LogP contribution in [0.2, 0.25) is 0 Å². The maximum Gasteiger partial charge on any atom is 0.217 e. The summed E-state index contributed by atoms with van der Waals surface area (Å²) in [7, 11) is 0. The molecule has 14 heavy (non-hydrogen) atoms. The summed E-state index contributed by atoms with van der Waals surface area (Å²) in [5, 5.41) is 2.43. The average molecular weight is 201 g/mol. The zero-order valence-corrected chi connectivity index (χ0v) is 8.62. The zero-order valence-electron chi connectivity index (χ0n) is 8.62. The Bertz CT molecular complexity index is 237. The van der Waals surface area contributed by atoms with Gasteiger partial charge in [0.2, 0.25) is 5.91 Å². The fourth-order valence-corrected chi connectivity index (χ4v) is 0.827. The van der Waals surface area contributed by atoms with E-state index in [9.17, 15) is 14.4 Å². The molecule has 80 valence electrons. The lowest BCUT2D eigenvalue weighted by Gasteiger charge is -2.14. The number of hydrogen-bond acceptors (Lipinski definition) is 4. The molecule has 1 N–H and O–H groups in total. The summed E-state index contributed by atoms with van der Waals surface area (Å²) in [6, 6.07) is -0.660. The summed E-state index contributed by atoms with van der Waals surface area (Å²) in [6.45, 7) is 4.07. The highest BCUT2D eigenvalue weighted by Crippen LogP contribution is 1.89. The molecule has 0 radical (unpaired) electrons. The van der Waals surface area contributed by atoms with E-state index in [1.807, 2.05) is 0 Å². The summed E-state index contributed by atoms with van der Waals surface area (Å²) >= 11 is 0. The maximum atomic E-state index is 11.0. The van der Waals surface area contributed by atoms with Crippen molar-refractivity contribution in [2.45, 2.75) is 26.8 Å². The molecule has 0 aliphatic rings. The summed E-state index contributed by atoms with van der Waals surface area (Å²) in [4.78, 5) is 32.2. The quantitative estimate of drug-likeness (QED) is 0.639. The fourth-order valence-electron chi connectivity index (χ4n) is 0.827. The third kappa shape index (κ3) is 6.30. The van der Waals surface area contributed by atoms with Gasteiger partial charge in [-0.3, -0.25) is 14.4 Å². The molecular formula is C9H15NO4. The number of nitrogens with one attached hydrogen (secondary N) is 1. The number of amides is 1. The number of Topliss-reactive ketones (excluding diaryl/α,β-unsaturated/α-hetero) is 2. The molecule has 1 atom stereocenters. The molecule has 0 saturated carbocycles. The van der Waals surface area contributed by atoms with Crippen molar-refractivity contribution >= 4 is 17.5 Å². The third-order valence-corrected chi connectivity index (χ3v) is 1.46. The molecule has 0 aliphatic heterocycles. The Balaban J connectivity index is 3.91. The minimum Gasteiger partial charge on any atom is -0.371 e. The van der Waals surface area contributed by atoms with Crippen molar-refractivity contribution in [2.75, 3.05) is 13.2 Å². The van der Waals surface area contributed by atoms with Crippen molar-refractivity contribution in [3.63, 3.8) is 0 Å². The van der Waals surface area contributed by atoms with E-state index in [2.05, 4.69) is 5.32 Å². The SMILES string of the molecule is CC(=O)COC[C@H](NC(C)=O)C(C)=O. The highest BCUT2D eigenvalue weighted by atomic mass is 16.5. The molecule has 0 fully saturated rings. The first-order chi connectivity index (χ1) is 6.43. The molecule has 0 aliphatic carbocycles. The number of carbonyl (C=O) groups excluding carboxylic acids is 3. The standard InChI is InChI=1S/C9H15NO4/c1-6(11)4-14-5-9(7(2)12)10-8(3)13/h9H,4-5H2,1-3H3,(H,10,13)/t9-/m0/s1. The van der Waals surface area contributed by atoms with Crippen LogP contribution in [0.1, 0.15) is 20.8 Å². The second kappa shape index (κ2) is 6.26. The van der Waals surface area contributed by atoms with Gasteiger partial charge in [0.25, 0.3) is 0 Å². The second-order valence-electron chi connectivity index (χ2n) is 3.08. The molecule has 0 aromatic rings. The predicted molar refractivity (Wildman–Crippen MR) is 49.8 cm³/mol. The largest absolute Gasteiger partial charge is 0.371 e. The molecule has 0 rings (SSSR count). The van der Waals surface area contributed by atoms with E-state index in [1.165, 1.54) is 20.8 Å². The van der Waals surface area contributed by atoms with E-state index < -0.39 is 6.04 Å². The molecule has 0 unspecified atom stereocenters. The Morgan fingerprint density at radius 1 is 1.21 bits per heavy atom. The fraction of sp³-hybridized carbons (Fsp3) is 0.667. The van der Waals surface area contributed by atoms with Crippen LogP contribution >= 0.6 is 0 Å². The van der Waals surface area contributed by atoms with Gasteiger partial charge in [-0.2, -0.15) is 0 Å². The van der Waals surface area contributed by atoms with Crippen LogP contribution in [0.25, 0.3) is 0 Å². The van der Waals surface area contributed by atoms with Crippen LogP contribution in [-0.4, -0.2) is 36.7 Å². The van der Waals surface area contributed by atoms with Gasteiger partial charge in [-0.25, -0.2) is 0 Å². The summed E-state index contributed by atoms with van der Waals surface area (Å²) in [5.41, 5.74) is 0. The third-order valence-electron chi connectivity index (χ3n) is 1.46. The van der Waals surface area contributed by atoms with Crippen LogP contribution in [0, 0.1) is 0 Å². The van der Waals surface area contributed by atoms with E-state index in [1.54, 1.807) is 0 Å². The zero-order chi connectivity index (χ0) is 11.1. The molecule has 5 heteroatoms. The smallest absolute Gasteiger partial charge is 0.217 e. The maximum absolute atomic E-state index is 11.0. The van der Waals surface area contributed by atoms with Crippen LogP contribution in [-0.2, 0) is 19.1 Å². The Labute approximate surface area is 82.8 Å².